The fourth-order valence-electron chi connectivity index (χ4n) is 1.52. The van der Waals surface area contributed by atoms with Crippen molar-refractivity contribution in [3.05, 3.63) is 34.4 Å². The van der Waals surface area contributed by atoms with Crippen LogP contribution in [0.5, 0.6) is 0 Å². The van der Waals surface area contributed by atoms with Gasteiger partial charge in [-0.3, -0.25) is 9.71 Å². The molecular weight excluding hydrogens is 350 g/mol. The Hall–Kier alpha value is -1.12. The zero-order valence-corrected chi connectivity index (χ0v) is 13.5. The number of nitrogens with zero attached hydrogens (tertiary/aromatic N) is 2. The highest BCUT2D eigenvalue weighted by Gasteiger charge is 2.20. The van der Waals surface area contributed by atoms with Crippen molar-refractivity contribution >= 4 is 48.7 Å². The van der Waals surface area contributed by atoms with Crippen LogP contribution in [-0.4, -0.2) is 27.5 Å². The first kappa shape index (κ1) is 14.3. The molecule has 0 aliphatic rings. The van der Waals surface area contributed by atoms with E-state index in [1.54, 1.807) is 23.7 Å². The summed E-state index contributed by atoms with van der Waals surface area (Å²) in [6, 6.07) is 3.46. The molecule has 2 rings (SSSR count). The topological polar surface area (TPSA) is 62.3 Å². The number of rotatable bonds is 4. The van der Waals surface area contributed by atoms with E-state index in [4.69, 9.17) is 0 Å². The summed E-state index contributed by atoms with van der Waals surface area (Å²) < 4.78 is 27.9. The minimum absolute atomic E-state index is 0.251. The summed E-state index contributed by atoms with van der Waals surface area (Å²) in [5.41, 5.74) is 1.21. The third-order valence-corrected chi connectivity index (χ3v) is 6.39. The normalized spacial score (nSPS) is 11.3. The summed E-state index contributed by atoms with van der Waals surface area (Å²) in [5, 5.41) is 1.72. The van der Waals surface area contributed by atoms with Crippen LogP contribution in [0.15, 0.2) is 38.6 Å². The molecule has 0 aromatic carbocycles. The summed E-state index contributed by atoms with van der Waals surface area (Å²) in [4.78, 5) is 5.78. The third-order valence-electron chi connectivity index (χ3n) is 2.35. The highest BCUT2D eigenvalue weighted by atomic mass is 79.9. The van der Waals surface area contributed by atoms with Gasteiger partial charge in [-0.05, 0) is 33.4 Å². The van der Waals surface area contributed by atoms with Gasteiger partial charge in [-0.25, -0.2) is 8.42 Å². The highest BCUT2D eigenvalue weighted by molar-refractivity contribution is 9.10. The predicted molar refractivity (Wildman–Crippen MR) is 81.4 cm³/mol. The van der Waals surface area contributed by atoms with Gasteiger partial charge in [-0.15, -0.1) is 11.3 Å². The molecule has 0 unspecified atom stereocenters. The molecule has 0 atom stereocenters. The molecule has 0 aliphatic carbocycles. The molecule has 2 heterocycles. The van der Waals surface area contributed by atoms with Crippen LogP contribution in [0.2, 0.25) is 0 Å². The molecule has 19 heavy (non-hydrogen) atoms. The molecule has 2 aromatic heterocycles. The van der Waals surface area contributed by atoms with Gasteiger partial charge in [0, 0.05) is 24.8 Å². The molecule has 5 nitrogen and oxygen atoms in total. The van der Waals surface area contributed by atoms with Gasteiger partial charge < -0.3 is 4.90 Å². The van der Waals surface area contributed by atoms with Crippen LogP contribution in [0.25, 0.3) is 0 Å². The van der Waals surface area contributed by atoms with Gasteiger partial charge in [0.05, 0.1) is 17.6 Å². The van der Waals surface area contributed by atoms with Crippen LogP contribution in [0.4, 0.5) is 11.4 Å². The molecule has 0 saturated carbocycles. The van der Waals surface area contributed by atoms with Crippen molar-refractivity contribution in [3.8, 4) is 0 Å². The fourth-order valence-corrected chi connectivity index (χ4v) is 4.92. The Morgan fingerprint density at radius 3 is 2.68 bits per heavy atom. The Kier molecular flexibility index (Phi) is 4.12. The van der Waals surface area contributed by atoms with Crippen LogP contribution in [0.1, 0.15) is 0 Å². The Labute approximate surface area is 124 Å². The number of pyridine rings is 1. The number of hydrogen-bond acceptors (Lipinski definition) is 5. The molecule has 0 saturated heterocycles. The average Bonchev–Trinajstić information content (AvgIpc) is 2.76. The zero-order valence-electron chi connectivity index (χ0n) is 10.3. The number of anilines is 2. The van der Waals surface area contributed by atoms with E-state index in [2.05, 4.69) is 25.6 Å². The van der Waals surface area contributed by atoms with Gasteiger partial charge in [-0.2, -0.15) is 0 Å². The van der Waals surface area contributed by atoms with Crippen LogP contribution < -0.4 is 9.62 Å². The number of thiophene rings is 1. The Balaban J connectivity index is 2.39. The maximum absolute atomic E-state index is 12.3. The van der Waals surface area contributed by atoms with Crippen LogP contribution >= 0.6 is 27.3 Å². The number of aromatic nitrogens is 1. The molecule has 0 fully saturated rings. The van der Waals surface area contributed by atoms with Crippen molar-refractivity contribution in [2.75, 3.05) is 23.7 Å². The van der Waals surface area contributed by atoms with Crippen molar-refractivity contribution in [1.29, 1.82) is 0 Å². The lowest BCUT2D eigenvalue weighted by Gasteiger charge is -2.17. The van der Waals surface area contributed by atoms with Gasteiger partial charge in [0.25, 0.3) is 10.0 Å². The molecule has 2 aromatic rings. The standard InChI is InChI=1S/C11H12BrN3O2S2/c1-15(2)10-3-5-13-7-9(10)14-19(16,17)11-8(12)4-6-18-11/h3-7,14H,1-2H3. The predicted octanol–water partition coefficient (Wildman–Crippen LogP) is 2.77. The summed E-state index contributed by atoms with van der Waals surface area (Å²) >= 11 is 4.39. The summed E-state index contributed by atoms with van der Waals surface area (Å²) in [5.74, 6) is 0. The second kappa shape index (κ2) is 5.48. The van der Waals surface area contributed by atoms with Gasteiger partial charge in [0.15, 0.2) is 4.21 Å². The van der Waals surface area contributed by atoms with E-state index in [1.165, 1.54) is 6.20 Å². The second-order valence-corrected chi connectivity index (χ2v) is 7.60. The van der Waals surface area contributed by atoms with E-state index >= 15 is 0 Å². The minimum Gasteiger partial charge on any atom is -0.376 e. The number of hydrogen-bond donors (Lipinski definition) is 1. The van der Waals surface area contributed by atoms with Crippen molar-refractivity contribution in [2.24, 2.45) is 0 Å². The van der Waals surface area contributed by atoms with E-state index in [0.29, 0.717) is 10.2 Å². The number of sulfonamides is 1. The second-order valence-electron chi connectivity index (χ2n) is 3.95. The number of halogens is 1. The van der Waals surface area contributed by atoms with Crippen molar-refractivity contribution in [2.45, 2.75) is 4.21 Å². The summed E-state index contributed by atoms with van der Waals surface area (Å²) in [6.07, 6.45) is 3.11. The molecule has 8 heteroatoms. The average molecular weight is 362 g/mol. The Morgan fingerprint density at radius 2 is 2.11 bits per heavy atom. The number of nitrogens with one attached hydrogen (secondary N) is 1. The molecule has 0 spiro atoms. The van der Waals surface area contributed by atoms with Crippen molar-refractivity contribution in [1.82, 2.24) is 4.98 Å². The molecular formula is C11H12BrN3O2S2. The SMILES string of the molecule is CN(C)c1ccncc1NS(=O)(=O)c1sccc1Br. The molecule has 1 N–H and O–H groups in total. The first-order chi connectivity index (χ1) is 8.92. The van der Waals surface area contributed by atoms with E-state index in [-0.39, 0.29) is 4.21 Å². The van der Waals surface area contributed by atoms with E-state index in [9.17, 15) is 8.42 Å². The molecule has 102 valence electrons. The maximum atomic E-state index is 12.3. The minimum atomic E-state index is -3.60. The smallest absolute Gasteiger partial charge is 0.272 e. The monoisotopic (exact) mass is 361 g/mol. The van der Waals surface area contributed by atoms with Crippen LogP contribution in [0, 0.1) is 0 Å². The van der Waals surface area contributed by atoms with Crippen molar-refractivity contribution < 1.29 is 8.42 Å². The van der Waals surface area contributed by atoms with Crippen molar-refractivity contribution in [3.63, 3.8) is 0 Å². The van der Waals surface area contributed by atoms with E-state index < -0.39 is 10.0 Å². The van der Waals surface area contributed by atoms with E-state index in [0.717, 1.165) is 17.0 Å². The molecule has 0 radical (unpaired) electrons. The van der Waals surface area contributed by atoms with Crippen LogP contribution in [0.3, 0.4) is 0 Å². The largest absolute Gasteiger partial charge is 0.376 e. The lowest BCUT2D eigenvalue weighted by atomic mass is 10.3. The molecule has 0 bridgehead atoms. The Bertz CT molecular complexity index is 683. The third kappa shape index (κ3) is 3.07. The lowest BCUT2D eigenvalue weighted by molar-refractivity contribution is 0.603. The first-order valence-corrected chi connectivity index (χ1v) is 8.44. The first-order valence-electron chi connectivity index (χ1n) is 5.29. The van der Waals surface area contributed by atoms with Gasteiger partial charge >= 0.3 is 0 Å². The zero-order chi connectivity index (χ0) is 14.0. The van der Waals surface area contributed by atoms with Gasteiger partial charge in [0.2, 0.25) is 0 Å². The fraction of sp³-hybridized carbons (Fsp3) is 0.182. The summed E-state index contributed by atoms with van der Waals surface area (Å²) in [7, 11) is 0.0812. The van der Waals surface area contributed by atoms with Crippen LogP contribution in [-0.2, 0) is 10.0 Å². The molecule has 0 aliphatic heterocycles. The van der Waals surface area contributed by atoms with Gasteiger partial charge in [0.1, 0.15) is 0 Å². The Morgan fingerprint density at radius 1 is 1.37 bits per heavy atom. The maximum Gasteiger partial charge on any atom is 0.272 e. The van der Waals surface area contributed by atoms with Gasteiger partial charge in [-0.1, -0.05) is 0 Å². The lowest BCUT2D eigenvalue weighted by Crippen LogP contribution is -2.17. The molecule has 0 amide bonds. The summed E-state index contributed by atoms with van der Waals surface area (Å²) in [6.45, 7) is 0. The quantitative estimate of drug-likeness (QED) is 0.909. The highest BCUT2D eigenvalue weighted by Crippen LogP contribution is 2.31. The van der Waals surface area contributed by atoms with E-state index in [1.807, 2.05) is 19.0 Å².